The van der Waals surface area contributed by atoms with Crippen LogP contribution in [0.3, 0.4) is 0 Å². The monoisotopic (exact) mass is 325 g/mol. The van der Waals surface area contributed by atoms with Gasteiger partial charge in [-0.25, -0.2) is 4.98 Å². The second kappa shape index (κ2) is 5.74. The van der Waals surface area contributed by atoms with Crippen molar-refractivity contribution in [2.24, 2.45) is 11.3 Å². The van der Waals surface area contributed by atoms with Crippen molar-refractivity contribution in [2.75, 3.05) is 18.4 Å². The van der Waals surface area contributed by atoms with Crippen LogP contribution in [0.4, 0.5) is 5.69 Å². The van der Waals surface area contributed by atoms with Crippen molar-refractivity contribution < 1.29 is 9.21 Å². The first-order valence-corrected chi connectivity index (χ1v) is 8.62. The number of nitrogens with zero attached hydrogens (tertiary/aromatic N) is 1. The van der Waals surface area contributed by atoms with Gasteiger partial charge in [0.1, 0.15) is 6.26 Å². The van der Waals surface area contributed by atoms with E-state index in [1.807, 2.05) is 32.0 Å². The van der Waals surface area contributed by atoms with E-state index >= 15 is 0 Å². The minimum absolute atomic E-state index is 0.148. The average molecular weight is 325 g/mol. The summed E-state index contributed by atoms with van der Waals surface area (Å²) < 4.78 is 5.51. The van der Waals surface area contributed by atoms with Gasteiger partial charge in [-0.1, -0.05) is 6.07 Å². The van der Waals surface area contributed by atoms with E-state index in [0.29, 0.717) is 5.89 Å². The van der Waals surface area contributed by atoms with Gasteiger partial charge in [-0.15, -0.1) is 0 Å². The fourth-order valence-corrected chi connectivity index (χ4v) is 3.83. The number of hydrogen-bond acceptors (Lipinski definition) is 4. The van der Waals surface area contributed by atoms with Crippen LogP contribution in [0.1, 0.15) is 30.5 Å². The molecule has 1 saturated heterocycles. The number of benzene rings is 1. The molecule has 2 heterocycles. The topological polar surface area (TPSA) is 67.2 Å². The molecule has 5 heteroatoms. The molecule has 5 nitrogen and oxygen atoms in total. The Labute approximate surface area is 141 Å². The SMILES string of the molecule is Cc1coc(-c2cc(NC(=O)C3CC34CCNCC4)ccc2C)n1. The summed E-state index contributed by atoms with van der Waals surface area (Å²) in [6.07, 6.45) is 4.89. The van der Waals surface area contributed by atoms with Crippen LogP contribution in [0.2, 0.25) is 0 Å². The Morgan fingerprint density at radius 1 is 1.33 bits per heavy atom. The van der Waals surface area contributed by atoms with Gasteiger partial charge in [0.2, 0.25) is 11.8 Å². The third-order valence-electron chi connectivity index (χ3n) is 5.46. The first kappa shape index (κ1) is 15.4. The predicted molar refractivity (Wildman–Crippen MR) is 92.7 cm³/mol. The summed E-state index contributed by atoms with van der Waals surface area (Å²) in [7, 11) is 0. The van der Waals surface area contributed by atoms with Gasteiger partial charge in [-0.05, 0) is 69.3 Å². The number of amides is 1. The Bertz CT molecular complexity index is 775. The van der Waals surface area contributed by atoms with Crippen molar-refractivity contribution in [3.63, 3.8) is 0 Å². The number of carbonyl (C=O) groups is 1. The first-order chi connectivity index (χ1) is 11.6. The standard InChI is InChI=1S/C19H23N3O2/c1-12-3-4-14(9-15(12)18-21-13(2)11-24-18)22-17(23)16-10-19(16)5-7-20-8-6-19/h3-4,9,11,16,20H,5-8,10H2,1-2H3,(H,22,23). The molecule has 2 aliphatic rings. The Morgan fingerprint density at radius 3 is 2.83 bits per heavy atom. The van der Waals surface area contributed by atoms with Gasteiger partial charge >= 0.3 is 0 Å². The Hall–Kier alpha value is -2.14. The molecule has 2 fully saturated rings. The molecule has 1 saturated carbocycles. The summed E-state index contributed by atoms with van der Waals surface area (Å²) in [4.78, 5) is 17.0. The summed E-state index contributed by atoms with van der Waals surface area (Å²) >= 11 is 0. The van der Waals surface area contributed by atoms with Gasteiger partial charge in [-0.3, -0.25) is 4.79 Å². The highest BCUT2D eigenvalue weighted by molar-refractivity contribution is 5.95. The summed E-state index contributed by atoms with van der Waals surface area (Å²) in [5.74, 6) is 0.908. The number of nitrogens with one attached hydrogen (secondary N) is 2. The Morgan fingerprint density at radius 2 is 2.12 bits per heavy atom. The molecule has 1 aliphatic heterocycles. The summed E-state index contributed by atoms with van der Waals surface area (Å²) in [5, 5.41) is 6.47. The number of oxazole rings is 1. The van der Waals surface area contributed by atoms with Crippen LogP contribution in [0, 0.1) is 25.2 Å². The molecule has 1 aromatic carbocycles. The minimum atomic E-state index is 0.148. The van der Waals surface area contributed by atoms with E-state index in [4.69, 9.17) is 4.42 Å². The number of rotatable bonds is 3. The molecule has 2 N–H and O–H groups in total. The van der Waals surface area contributed by atoms with Gasteiger partial charge in [-0.2, -0.15) is 0 Å². The fourth-order valence-electron chi connectivity index (χ4n) is 3.83. The minimum Gasteiger partial charge on any atom is -0.444 e. The maximum Gasteiger partial charge on any atom is 0.228 e. The normalized spacial score (nSPS) is 21.7. The van der Waals surface area contributed by atoms with Crippen LogP contribution in [0.5, 0.6) is 0 Å². The van der Waals surface area contributed by atoms with Crippen LogP contribution >= 0.6 is 0 Å². The van der Waals surface area contributed by atoms with Gasteiger partial charge < -0.3 is 15.1 Å². The van der Waals surface area contributed by atoms with Crippen LogP contribution in [-0.4, -0.2) is 24.0 Å². The second-order valence-electron chi connectivity index (χ2n) is 7.18. The Kier molecular flexibility index (Phi) is 3.68. The largest absolute Gasteiger partial charge is 0.444 e. The lowest BCUT2D eigenvalue weighted by Crippen LogP contribution is -2.31. The predicted octanol–water partition coefficient (Wildman–Crippen LogP) is 3.29. The maximum absolute atomic E-state index is 12.6. The number of aryl methyl sites for hydroxylation is 2. The smallest absolute Gasteiger partial charge is 0.228 e. The van der Waals surface area contributed by atoms with E-state index in [-0.39, 0.29) is 17.2 Å². The highest BCUT2D eigenvalue weighted by Gasteiger charge is 2.57. The second-order valence-corrected chi connectivity index (χ2v) is 7.18. The molecule has 1 unspecified atom stereocenters. The zero-order chi connectivity index (χ0) is 16.7. The molecule has 126 valence electrons. The van der Waals surface area contributed by atoms with Crippen molar-refractivity contribution in [3.05, 3.63) is 35.7 Å². The van der Waals surface area contributed by atoms with E-state index in [2.05, 4.69) is 15.6 Å². The van der Waals surface area contributed by atoms with Crippen LogP contribution in [0.25, 0.3) is 11.5 Å². The molecule has 0 bridgehead atoms. The number of piperidine rings is 1. The van der Waals surface area contributed by atoms with Crippen molar-refractivity contribution in [3.8, 4) is 11.5 Å². The lowest BCUT2D eigenvalue weighted by molar-refractivity contribution is -0.118. The lowest BCUT2D eigenvalue weighted by atomic mass is 9.92. The van der Waals surface area contributed by atoms with Crippen molar-refractivity contribution in [2.45, 2.75) is 33.1 Å². The van der Waals surface area contributed by atoms with Crippen molar-refractivity contribution in [1.82, 2.24) is 10.3 Å². The van der Waals surface area contributed by atoms with Crippen molar-refractivity contribution in [1.29, 1.82) is 0 Å². The summed E-state index contributed by atoms with van der Waals surface area (Å²) in [6, 6.07) is 5.90. The van der Waals surface area contributed by atoms with E-state index in [1.165, 1.54) is 0 Å². The molecule has 1 atom stereocenters. The van der Waals surface area contributed by atoms with E-state index in [1.54, 1.807) is 6.26 Å². The molecule has 24 heavy (non-hydrogen) atoms. The molecule has 1 aliphatic carbocycles. The maximum atomic E-state index is 12.6. The fraction of sp³-hybridized carbons (Fsp3) is 0.474. The van der Waals surface area contributed by atoms with E-state index < -0.39 is 0 Å². The molecule has 1 amide bonds. The molecular weight excluding hydrogens is 302 g/mol. The number of anilines is 1. The van der Waals surface area contributed by atoms with Gasteiger partial charge in [0.15, 0.2) is 0 Å². The zero-order valence-electron chi connectivity index (χ0n) is 14.2. The number of hydrogen-bond donors (Lipinski definition) is 2. The molecular formula is C19H23N3O2. The molecule has 1 aromatic heterocycles. The average Bonchev–Trinajstić information content (AvgIpc) is 3.08. The quantitative estimate of drug-likeness (QED) is 0.909. The van der Waals surface area contributed by atoms with Gasteiger partial charge in [0.25, 0.3) is 0 Å². The van der Waals surface area contributed by atoms with E-state index in [9.17, 15) is 4.79 Å². The first-order valence-electron chi connectivity index (χ1n) is 8.62. The van der Waals surface area contributed by atoms with E-state index in [0.717, 1.165) is 54.9 Å². The third-order valence-corrected chi connectivity index (χ3v) is 5.46. The van der Waals surface area contributed by atoms with Gasteiger partial charge in [0.05, 0.1) is 5.69 Å². The van der Waals surface area contributed by atoms with Crippen LogP contribution < -0.4 is 10.6 Å². The third kappa shape index (κ3) is 2.73. The van der Waals surface area contributed by atoms with Crippen LogP contribution in [-0.2, 0) is 4.79 Å². The Balaban J connectivity index is 1.50. The summed E-state index contributed by atoms with van der Waals surface area (Å²) in [6.45, 7) is 5.98. The molecule has 0 radical (unpaired) electrons. The van der Waals surface area contributed by atoms with Crippen molar-refractivity contribution >= 4 is 11.6 Å². The lowest BCUT2D eigenvalue weighted by Gasteiger charge is -2.23. The molecule has 1 spiro atoms. The number of carbonyl (C=O) groups excluding carboxylic acids is 1. The highest BCUT2D eigenvalue weighted by Crippen LogP contribution is 2.58. The van der Waals surface area contributed by atoms with Crippen LogP contribution in [0.15, 0.2) is 28.9 Å². The molecule has 4 rings (SSSR count). The highest BCUT2D eigenvalue weighted by atomic mass is 16.3. The number of aromatic nitrogens is 1. The summed E-state index contributed by atoms with van der Waals surface area (Å²) in [5.41, 5.74) is 3.92. The zero-order valence-corrected chi connectivity index (χ0v) is 14.2. The van der Waals surface area contributed by atoms with Gasteiger partial charge in [0, 0.05) is 17.2 Å². The molecule has 2 aromatic rings.